The first-order chi connectivity index (χ1) is 13.1. The molecule has 1 heterocycles. The average molecular weight is 366 g/mol. The molecule has 0 radical (unpaired) electrons. The lowest BCUT2D eigenvalue weighted by molar-refractivity contribution is -0.131. The van der Waals surface area contributed by atoms with Gasteiger partial charge in [0.2, 0.25) is 5.91 Å². The number of methoxy groups -OCH3 is 1. The Bertz CT molecular complexity index is 796. The van der Waals surface area contributed by atoms with Crippen molar-refractivity contribution in [3.05, 3.63) is 65.2 Å². The largest absolute Gasteiger partial charge is 0.496 e. The van der Waals surface area contributed by atoms with E-state index >= 15 is 0 Å². The van der Waals surface area contributed by atoms with Crippen molar-refractivity contribution in [2.24, 2.45) is 0 Å². The monoisotopic (exact) mass is 366 g/mol. The number of benzene rings is 2. The fourth-order valence-electron chi connectivity index (χ4n) is 3.41. The van der Waals surface area contributed by atoms with Gasteiger partial charge >= 0.3 is 0 Å². The maximum atomic E-state index is 12.8. The van der Waals surface area contributed by atoms with Crippen molar-refractivity contribution in [1.82, 2.24) is 9.80 Å². The molecule has 0 N–H and O–H groups in total. The summed E-state index contributed by atoms with van der Waals surface area (Å²) in [5.74, 6) is 0.943. The number of rotatable bonds is 5. The lowest BCUT2D eigenvalue weighted by atomic mass is 10.1. The predicted molar refractivity (Wildman–Crippen MR) is 105 cm³/mol. The summed E-state index contributed by atoms with van der Waals surface area (Å²) < 4.78 is 5.34. The van der Waals surface area contributed by atoms with Crippen molar-refractivity contribution < 1.29 is 14.3 Å². The summed E-state index contributed by atoms with van der Waals surface area (Å²) in [4.78, 5) is 29.0. The minimum absolute atomic E-state index is 0.0162. The maximum Gasteiger partial charge on any atom is 0.253 e. The molecule has 2 amide bonds. The summed E-state index contributed by atoms with van der Waals surface area (Å²) in [6.45, 7) is 4.32. The lowest BCUT2D eigenvalue weighted by Gasteiger charge is -2.35. The first kappa shape index (κ1) is 19.0. The molecule has 2 aromatic carbocycles. The van der Waals surface area contributed by atoms with E-state index in [4.69, 9.17) is 4.74 Å². The molecule has 142 valence electrons. The van der Waals surface area contributed by atoms with Crippen molar-refractivity contribution in [3.8, 4) is 5.75 Å². The Morgan fingerprint density at radius 2 is 1.63 bits per heavy atom. The molecule has 1 aliphatic heterocycles. The van der Waals surface area contributed by atoms with Gasteiger partial charge in [0.05, 0.1) is 13.5 Å². The molecule has 0 aromatic heterocycles. The third-order valence-electron chi connectivity index (χ3n) is 5.03. The molecule has 1 saturated heterocycles. The van der Waals surface area contributed by atoms with Gasteiger partial charge in [-0.2, -0.15) is 0 Å². The van der Waals surface area contributed by atoms with Gasteiger partial charge in [-0.3, -0.25) is 9.59 Å². The van der Waals surface area contributed by atoms with Crippen molar-refractivity contribution >= 4 is 11.8 Å². The van der Waals surface area contributed by atoms with E-state index < -0.39 is 0 Å². The predicted octanol–water partition coefficient (Wildman–Crippen LogP) is 2.78. The van der Waals surface area contributed by atoms with Crippen LogP contribution in [0.5, 0.6) is 5.75 Å². The molecule has 5 heteroatoms. The van der Waals surface area contributed by atoms with Crippen LogP contribution in [0, 0.1) is 0 Å². The third-order valence-corrected chi connectivity index (χ3v) is 5.03. The number of hydrogen-bond donors (Lipinski definition) is 0. The smallest absolute Gasteiger partial charge is 0.253 e. The number of ether oxygens (including phenoxy) is 1. The molecule has 27 heavy (non-hydrogen) atoms. The van der Waals surface area contributed by atoms with Gasteiger partial charge in [0, 0.05) is 31.7 Å². The summed E-state index contributed by atoms with van der Waals surface area (Å²) in [5.41, 5.74) is 2.73. The highest BCUT2D eigenvalue weighted by molar-refractivity contribution is 5.95. The minimum Gasteiger partial charge on any atom is -0.496 e. The zero-order valence-corrected chi connectivity index (χ0v) is 16.0. The summed E-state index contributed by atoms with van der Waals surface area (Å²) in [5, 5.41) is 0. The quantitative estimate of drug-likeness (QED) is 0.818. The molecule has 1 fully saturated rings. The van der Waals surface area contributed by atoms with Crippen molar-refractivity contribution in [2.45, 2.75) is 19.8 Å². The van der Waals surface area contributed by atoms with Gasteiger partial charge in [0.15, 0.2) is 0 Å². The van der Waals surface area contributed by atoms with Crippen molar-refractivity contribution in [3.63, 3.8) is 0 Å². The van der Waals surface area contributed by atoms with Gasteiger partial charge in [-0.1, -0.05) is 37.3 Å². The molecular formula is C22H26N2O3. The number of carbonyl (C=O) groups is 2. The first-order valence-electron chi connectivity index (χ1n) is 9.40. The standard InChI is InChI=1S/C22H26N2O3/c1-3-18-16-19(9-10-20(18)27-2)22(26)24-13-11-23(12-14-24)21(25)15-17-7-5-4-6-8-17/h4-10,16H,3,11-15H2,1-2H3. The molecule has 2 aromatic rings. The Kier molecular flexibility index (Phi) is 6.12. The minimum atomic E-state index is 0.0162. The number of piperazine rings is 1. The van der Waals surface area contributed by atoms with E-state index in [-0.39, 0.29) is 11.8 Å². The highest BCUT2D eigenvalue weighted by Crippen LogP contribution is 2.21. The highest BCUT2D eigenvalue weighted by atomic mass is 16.5. The Hall–Kier alpha value is -2.82. The van der Waals surface area contributed by atoms with E-state index in [0.717, 1.165) is 23.3 Å². The van der Waals surface area contributed by atoms with Crippen LogP contribution in [0.2, 0.25) is 0 Å². The van der Waals surface area contributed by atoms with Crippen LogP contribution >= 0.6 is 0 Å². The topological polar surface area (TPSA) is 49.9 Å². The van der Waals surface area contributed by atoms with Gasteiger partial charge in [-0.25, -0.2) is 0 Å². The van der Waals surface area contributed by atoms with Gasteiger partial charge in [0.1, 0.15) is 5.75 Å². The Morgan fingerprint density at radius 3 is 2.26 bits per heavy atom. The fourth-order valence-corrected chi connectivity index (χ4v) is 3.41. The zero-order valence-electron chi connectivity index (χ0n) is 16.0. The molecule has 1 aliphatic rings. The fraction of sp³-hybridized carbons (Fsp3) is 0.364. The highest BCUT2D eigenvalue weighted by Gasteiger charge is 2.25. The molecule has 0 saturated carbocycles. The molecule has 5 nitrogen and oxygen atoms in total. The molecule has 0 atom stereocenters. The molecule has 0 spiro atoms. The summed E-state index contributed by atoms with van der Waals surface area (Å²) in [7, 11) is 1.64. The third kappa shape index (κ3) is 4.48. The van der Waals surface area contributed by atoms with Gasteiger partial charge in [0.25, 0.3) is 5.91 Å². The van der Waals surface area contributed by atoms with Crippen LogP contribution in [0.1, 0.15) is 28.4 Å². The second-order valence-electron chi connectivity index (χ2n) is 6.72. The number of aryl methyl sites for hydroxylation is 1. The van der Waals surface area contributed by atoms with Gasteiger partial charge < -0.3 is 14.5 Å². The maximum absolute atomic E-state index is 12.8. The van der Waals surface area contributed by atoms with E-state index in [1.165, 1.54) is 0 Å². The molecule has 3 rings (SSSR count). The van der Waals surface area contributed by atoms with Crippen molar-refractivity contribution in [2.75, 3.05) is 33.3 Å². The second-order valence-corrected chi connectivity index (χ2v) is 6.72. The molecular weight excluding hydrogens is 340 g/mol. The molecule has 0 unspecified atom stereocenters. The Morgan fingerprint density at radius 1 is 0.963 bits per heavy atom. The summed E-state index contributed by atoms with van der Waals surface area (Å²) in [6.07, 6.45) is 1.22. The number of hydrogen-bond acceptors (Lipinski definition) is 3. The van der Waals surface area contributed by atoms with Crippen LogP contribution < -0.4 is 4.74 Å². The van der Waals surface area contributed by atoms with Crippen LogP contribution in [-0.2, 0) is 17.6 Å². The number of carbonyl (C=O) groups excluding carboxylic acids is 2. The van der Waals surface area contributed by atoms with Crippen molar-refractivity contribution in [1.29, 1.82) is 0 Å². The van der Waals surface area contributed by atoms with Crippen LogP contribution in [0.15, 0.2) is 48.5 Å². The Labute approximate surface area is 160 Å². The normalized spacial score (nSPS) is 14.1. The number of amides is 2. The van der Waals surface area contributed by atoms with Crippen LogP contribution in [0.3, 0.4) is 0 Å². The SMILES string of the molecule is CCc1cc(C(=O)N2CCN(C(=O)Cc3ccccc3)CC2)ccc1OC. The molecule has 0 aliphatic carbocycles. The van der Waals surface area contributed by atoms with E-state index in [9.17, 15) is 9.59 Å². The molecule has 0 bridgehead atoms. The van der Waals surface area contributed by atoms with E-state index in [1.54, 1.807) is 7.11 Å². The lowest BCUT2D eigenvalue weighted by Crippen LogP contribution is -2.51. The van der Waals surface area contributed by atoms with Crippen LogP contribution in [-0.4, -0.2) is 54.9 Å². The van der Waals surface area contributed by atoms with E-state index in [2.05, 4.69) is 0 Å². The van der Waals surface area contributed by atoms with E-state index in [0.29, 0.717) is 38.2 Å². The first-order valence-corrected chi connectivity index (χ1v) is 9.40. The average Bonchev–Trinajstić information content (AvgIpc) is 2.73. The summed E-state index contributed by atoms with van der Waals surface area (Å²) >= 11 is 0. The van der Waals surface area contributed by atoms with Gasteiger partial charge in [-0.05, 0) is 35.7 Å². The van der Waals surface area contributed by atoms with E-state index in [1.807, 2.05) is 65.3 Å². The zero-order chi connectivity index (χ0) is 19.2. The Balaban J connectivity index is 1.58. The van der Waals surface area contributed by atoms with Crippen LogP contribution in [0.4, 0.5) is 0 Å². The van der Waals surface area contributed by atoms with Crippen LogP contribution in [0.25, 0.3) is 0 Å². The van der Waals surface area contributed by atoms with Gasteiger partial charge in [-0.15, -0.1) is 0 Å². The summed E-state index contributed by atoms with van der Waals surface area (Å²) in [6, 6.07) is 15.3. The number of nitrogens with zero attached hydrogens (tertiary/aromatic N) is 2. The second kappa shape index (κ2) is 8.71.